The molecule has 1 aliphatic rings. The Balaban J connectivity index is 1.51. The molecule has 0 radical (unpaired) electrons. The minimum atomic E-state index is -0.951. The molecule has 0 bridgehead atoms. The summed E-state index contributed by atoms with van der Waals surface area (Å²) in [6.45, 7) is 2.49. The van der Waals surface area contributed by atoms with E-state index in [9.17, 15) is 14.0 Å². The van der Waals surface area contributed by atoms with E-state index in [0.717, 1.165) is 30.9 Å². The highest BCUT2D eigenvalue weighted by Gasteiger charge is 2.16. The fourth-order valence-corrected chi connectivity index (χ4v) is 2.81. The zero-order chi connectivity index (χ0) is 19.2. The first-order chi connectivity index (χ1) is 13.0. The molecular weight excluding hydrogens is 375 g/mol. The largest absolute Gasteiger partial charge is 0.452 e. The second kappa shape index (κ2) is 8.83. The second-order valence-corrected chi connectivity index (χ2v) is 6.33. The van der Waals surface area contributed by atoms with Crippen LogP contribution in [-0.2, 0) is 14.3 Å². The Labute approximate surface area is 160 Å². The highest BCUT2D eigenvalue weighted by molar-refractivity contribution is 6.30. The van der Waals surface area contributed by atoms with Crippen LogP contribution in [-0.4, -0.2) is 44.8 Å². The van der Waals surface area contributed by atoms with Crippen LogP contribution in [0.3, 0.4) is 0 Å². The van der Waals surface area contributed by atoms with Crippen LogP contribution in [0.2, 0.25) is 5.02 Å². The summed E-state index contributed by atoms with van der Waals surface area (Å²) in [6.07, 6.45) is 0. The summed E-state index contributed by atoms with van der Waals surface area (Å²) in [5, 5.41) is 2.83. The molecule has 1 aliphatic heterocycles. The first-order valence-electron chi connectivity index (χ1n) is 8.38. The summed E-state index contributed by atoms with van der Waals surface area (Å²) >= 11 is 5.74. The third kappa shape index (κ3) is 5.18. The third-order valence-corrected chi connectivity index (χ3v) is 4.25. The van der Waals surface area contributed by atoms with Crippen LogP contribution in [0.15, 0.2) is 42.5 Å². The van der Waals surface area contributed by atoms with Gasteiger partial charge >= 0.3 is 5.97 Å². The summed E-state index contributed by atoms with van der Waals surface area (Å²) in [6, 6.07) is 10.9. The smallest absolute Gasteiger partial charge is 0.341 e. The molecule has 0 saturated carbocycles. The van der Waals surface area contributed by atoms with Crippen molar-refractivity contribution in [2.24, 2.45) is 0 Å². The molecule has 8 heteroatoms. The first-order valence-corrected chi connectivity index (χ1v) is 8.75. The van der Waals surface area contributed by atoms with Crippen molar-refractivity contribution in [3.05, 3.63) is 58.9 Å². The quantitative estimate of drug-likeness (QED) is 0.792. The van der Waals surface area contributed by atoms with Crippen molar-refractivity contribution in [1.82, 2.24) is 0 Å². The summed E-state index contributed by atoms with van der Waals surface area (Å²) < 4.78 is 23.8. The van der Waals surface area contributed by atoms with Gasteiger partial charge in [-0.1, -0.05) is 11.6 Å². The number of nitrogens with one attached hydrogen (secondary N) is 1. The minimum absolute atomic E-state index is 0.202. The standard InChI is InChI=1S/C19H18ClFN2O4/c20-13-1-6-17(21)16(11-13)19(25)27-12-18(24)22-14-2-4-15(5-3-14)23-7-9-26-10-8-23/h1-6,11H,7-10,12H2,(H,22,24). The molecule has 0 atom stereocenters. The molecular formula is C19H18ClFN2O4. The van der Waals surface area contributed by atoms with E-state index < -0.39 is 24.3 Å². The lowest BCUT2D eigenvalue weighted by molar-refractivity contribution is -0.119. The Morgan fingerprint density at radius 3 is 2.56 bits per heavy atom. The Morgan fingerprint density at radius 2 is 1.85 bits per heavy atom. The molecule has 3 rings (SSSR count). The van der Waals surface area contributed by atoms with E-state index in [0.29, 0.717) is 18.9 Å². The van der Waals surface area contributed by atoms with Gasteiger partial charge in [-0.15, -0.1) is 0 Å². The number of nitrogens with zero attached hydrogens (tertiary/aromatic N) is 1. The van der Waals surface area contributed by atoms with E-state index in [1.54, 1.807) is 12.1 Å². The fourth-order valence-electron chi connectivity index (χ4n) is 2.64. The molecule has 1 heterocycles. The van der Waals surface area contributed by atoms with Gasteiger partial charge in [-0.05, 0) is 42.5 Å². The molecule has 2 aromatic carbocycles. The highest BCUT2D eigenvalue weighted by atomic mass is 35.5. The van der Waals surface area contributed by atoms with Crippen molar-refractivity contribution in [2.45, 2.75) is 0 Å². The van der Waals surface area contributed by atoms with Crippen LogP contribution in [0.5, 0.6) is 0 Å². The zero-order valence-electron chi connectivity index (χ0n) is 14.4. The fraction of sp³-hybridized carbons (Fsp3) is 0.263. The number of morpholine rings is 1. The predicted molar refractivity (Wildman–Crippen MR) is 99.8 cm³/mol. The van der Waals surface area contributed by atoms with Gasteiger partial charge in [0.1, 0.15) is 5.82 Å². The van der Waals surface area contributed by atoms with Crippen molar-refractivity contribution in [3.8, 4) is 0 Å². The highest BCUT2D eigenvalue weighted by Crippen LogP contribution is 2.19. The SMILES string of the molecule is O=C(COC(=O)c1cc(Cl)ccc1F)Nc1ccc(N2CCOCC2)cc1. The maximum Gasteiger partial charge on any atom is 0.341 e. The number of carbonyl (C=O) groups excluding carboxylic acids is 2. The Kier molecular flexibility index (Phi) is 6.26. The number of hydrogen-bond donors (Lipinski definition) is 1. The van der Waals surface area contributed by atoms with Gasteiger partial charge in [-0.25, -0.2) is 9.18 Å². The van der Waals surface area contributed by atoms with Crippen molar-refractivity contribution in [3.63, 3.8) is 0 Å². The molecule has 0 unspecified atom stereocenters. The average Bonchev–Trinajstić information content (AvgIpc) is 2.69. The Hall–Kier alpha value is -2.64. The molecule has 6 nitrogen and oxygen atoms in total. The monoisotopic (exact) mass is 392 g/mol. The van der Waals surface area contributed by atoms with Gasteiger partial charge in [-0.3, -0.25) is 4.79 Å². The summed E-state index contributed by atoms with van der Waals surface area (Å²) in [4.78, 5) is 26.0. The third-order valence-electron chi connectivity index (χ3n) is 4.01. The summed E-state index contributed by atoms with van der Waals surface area (Å²) in [5.41, 5.74) is 1.30. The molecule has 1 fully saturated rings. The first kappa shape index (κ1) is 19.1. The van der Waals surface area contributed by atoms with E-state index in [2.05, 4.69) is 10.2 Å². The molecule has 0 spiro atoms. The maximum absolute atomic E-state index is 13.6. The van der Waals surface area contributed by atoms with Crippen LogP contribution in [0.1, 0.15) is 10.4 Å². The van der Waals surface area contributed by atoms with Crippen molar-refractivity contribution in [1.29, 1.82) is 0 Å². The number of ether oxygens (including phenoxy) is 2. The number of hydrogen-bond acceptors (Lipinski definition) is 5. The van der Waals surface area contributed by atoms with Crippen molar-refractivity contribution in [2.75, 3.05) is 43.1 Å². The summed E-state index contributed by atoms with van der Waals surface area (Å²) in [5.74, 6) is -2.23. The van der Waals surface area contributed by atoms with Crippen LogP contribution >= 0.6 is 11.6 Å². The normalized spacial score (nSPS) is 13.9. The molecule has 27 heavy (non-hydrogen) atoms. The lowest BCUT2D eigenvalue weighted by atomic mass is 10.2. The van der Waals surface area contributed by atoms with Crippen molar-refractivity contribution < 1.29 is 23.5 Å². The van der Waals surface area contributed by atoms with Gasteiger partial charge in [0.05, 0.1) is 18.8 Å². The van der Waals surface area contributed by atoms with Crippen LogP contribution in [0, 0.1) is 5.82 Å². The molecule has 1 amide bonds. The van der Waals surface area contributed by atoms with Gasteiger partial charge in [-0.2, -0.15) is 0 Å². The van der Waals surface area contributed by atoms with Crippen molar-refractivity contribution >= 4 is 34.9 Å². The average molecular weight is 393 g/mol. The number of carbonyl (C=O) groups is 2. The number of amides is 1. The van der Waals surface area contributed by atoms with E-state index in [4.69, 9.17) is 21.1 Å². The summed E-state index contributed by atoms with van der Waals surface area (Å²) in [7, 11) is 0. The van der Waals surface area contributed by atoms with E-state index >= 15 is 0 Å². The van der Waals surface area contributed by atoms with Gasteiger partial charge in [0, 0.05) is 29.5 Å². The number of anilines is 2. The van der Waals surface area contributed by atoms with Gasteiger partial charge in [0.2, 0.25) is 0 Å². The van der Waals surface area contributed by atoms with Gasteiger partial charge < -0.3 is 19.7 Å². The van der Waals surface area contributed by atoms with Crippen LogP contribution < -0.4 is 10.2 Å². The predicted octanol–water partition coefficient (Wildman–Crippen LogP) is 3.11. The molecule has 0 aliphatic carbocycles. The lowest BCUT2D eigenvalue weighted by Gasteiger charge is -2.28. The van der Waals surface area contributed by atoms with Crippen LogP contribution in [0.4, 0.5) is 15.8 Å². The molecule has 2 aromatic rings. The van der Waals surface area contributed by atoms with E-state index in [-0.39, 0.29) is 10.6 Å². The number of halogens is 2. The lowest BCUT2D eigenvalue weighted by Crippen LogP contribution is -2.36. The molecule has 142 valence electrons. The second-order valence-electron chi connectivity index (χ2n) is 5.89. The van der Waals surface area contributed by atoms with Gasteiger partial charge in [0.15, 0.2) is 6.61 Å². The Morgan fingerprint density at radius 1 is 1.15 bits per heavy atom. The number of esters is 1. The Bertz CT molecular complexity index is 823. The van der Waals surface area contributed by atoms with E-state index in [1.807, 2.05) is 12.1 Å². The molecule has 1 N–H and O–H groups in total. The maximum atomic E-state index is 13.6. The zero-order valence-corrected chi connectivity index (χ0v) is 15.2. The number of benzene rings is 2. The number of rotatable bonds is 5. The van der Waals surface area contributed by atoms with E-state index in [1.165, 1.54) is 6.07 Å². The van der Waals surface area contributed by atoms with Crippen LogP contribution in [0.25, 0.3) is 0 Å². The molecule has 0 aromatic heterocycles. The minimum Gasteiger partial charge on any atom is -0.452 e. The van der Waals surface area contributed by atoms with Gasteiger partial charge in [0.25, 0.3) is 5.91 Å². The topological polar surface area (TPSA) is 67.9 Å². The molecule has 1 saturated heterocycles.